The van der Waals surface area contributed by atoms with Gasteiger partial charge in [-0.05, 0) is 35.7 Å². The summed E-state index contributed by atoms with van der Waals surface area (Å²) in [4.78, 5) is 12.3. The molecule has 0 aliphatic heterocycles. The highest BCUT2D eigenvalue weighted by Gasteiger charge is 2.09. The first-order valence-electron chi connectivity index (χ1n) is 6.17. The fourth-order valence-corrected chi connectivity index (χ4v) is 2.61. The molecule has 2 aromatic carbocycles. The second-order valence-corrected chi connectivity index (χ2v) is 5.93. The van der Waals surface area contributed by atoms with Gasteiger partial charge in [0.25, 0.3) is 0 Å². The molecular weight excluding hydrogens is 338 g/mol. The number of nitrogens with zero attached hydrogens (tertiary/aromatic N) is 1. The second-order valence-electron chi connectivity index (χ2n) is 4.58. The van der Waals surface area contributed by atoms with Crippen molar-refractivity contribution >= 4 is 44.2 Å². The van der Waals surface area contributed by atoms with Gasteiger partial charge in [-0.2, -0.15) is 0 Å². The molecule has 0 radical (unpaired) electrons. The Hall–Kier alpha value is -1.58. The van der Waals surface area contributed by atoms with Crippen LogP contribution in [0.5, 0.6) is 0 Å². The number of hydrogen-bond donors (Lipinski definition) is 0. The summed E-state index contributed by atoms with van der Waals surface area (Å²) in [6, 6.07) is 15.1. The third-order valence-corrected chi connectivity index (χ3v) is 3.98. The van der Waals surface area contributed by atoms with E-state index >= 15 is 0 Å². The molecule has 0 aliphatic carbocycles. The summed E-state index contributed by atoms with van der Waals surface area (Å²) >= 11 is 9.38. The predicted molar refractivity (Wildman–Crippen MR) is 85.4 cm³/mol. The van der Waals surface area contributed by atoms with Gasteiger partial charge in [0.2, 0.25) is 0 Å². The molecule has 0 saturated heterocycles. The molecule has 20 heavy (non-hydrogen) atoms. The van der Waals surface area contributed by atoms with Crippen LogP contribution in [0.2, 0.25) is 5.02 Å². The van der Waals surface area contributed by atoms with Crippen LogP contribution in [0.1, 0.15) is 10.4 Å². The van der Waals surface area contributed by atoms with E-state index in [2.05, 4.69) is 15.9 Å². The van der Waals surface area contributed by atoms with Gasteiger partial charge < -0.3 is 4.57 Å². The lowest BCUT2D eigenvalue weighted by Gasteiger charge is -2.05. The average molecular weight is 349 g/mol. The van der Waals surface area contributed by atoms with E-state index in [-0.39, 0.29) is 5.78 Å². The number of ketones is 1. The zero-order valence-electron chi connectivity index (χ0n) is 10.5. The van der Waals surface area contributed by atoms with Gasteiger partial charge in [-0.15, -0.1) is 0 Å². The maximum atomic E-state index is 12.3. The van der Waals surface area contributed by atoms with Crippen molar-refractivity contribution in [3.8, 4) is 0 Å². The zero-order valence-corrected chi connectivity index (χ0v) is 12.9. The van der Waals surface area contributed by atoms with Crippen LogP contribution in [-0.2, 0) is 6.54 Å². The first-order chi connectivity index (χ1) is 9.63. The number of rotatable bonds is 3. The number of hydrogen-bond acceptors (Lipinski definition) is 1. The largest absolute Gasteiger partial charge is 0.340 e. The highest BCUT2D eigenvalue weighted by atomic mass is 79.9. The quantitative estimate of drug-likeness (QED) is 0.614. The molecule has 2 nitrogen and oxygen atoms in total. The van der Waals surface area contributed by atoms with E-state index in [0.29, 0.717) is 17.1 Å². The fourth-order valence-electron chi connectivity index (χ4n) is 2.18. The lowest BCUT2D eigenvalue weighted by molar-refractivity contribution is 0.0973. The van der Waals surface area contributed by atoms with Gasteiger partial charge in [-0.25, -0.2) is 0 Å². The van der Waals surface area contributed by atoms with Crippen LogP contribution in [0, 0.1) is 0 Å². The fraction of sp³-hybridized carbons (Fsp3) is 0.0625. The van der Waals surface area contributed by atoms with E-state index in [9.17, 15) is 4.79 Å². The SMILES string of the molecule is O=C(Cn1ccc2ccc(Cl)cc21)c1ccc(Br)cc1. The normalized spacial score (nSPS) is 10.9. The van der Waals surface area contributed by atoms with Crippen LogP contribution in [0.15, 0.2) is 59.2 Å². The summed E-state index contributed by atoms with van der Waals surface area (Å²) in [6.45, 7) is 0.311. The lowest BCUT2D eigenvalue weighted by atomic mass is 10.1. The molecule has 0 N–H and O–H groups in total. The Balaban J connectivity index is 1.91. The van der Waals surface area contributed by atoms with E-state index in [4.69, 9.17) is 11.6 Å². The van der Waals surface area contributed by atoms with Crippen molar-refractivity contribution in [2.75, 3.05) is 0 Å². The van der Waals surface area contributed by atoms with E-state index in [0.717, 1.165) is 15.4 Å². The van der Waals surface area contributed by atoms with Gasteiger partial charge >= 0.3 is 0 Å². The molecule has 0 bridgehead atoms. The van der Waals surface area contributed by atoms with Crippen LogP contribution < -0.4 is 0 Å². The average Bonchev–Trinajstić information content (AvgIpc) is 2.82. The van der Waals surface area contributed by atoms with E-state index in [1.807, 2.05) is 59.3 Å². The van der Waals surface area contributed by atoms with E-state index in [1.54, 1.807) is 0 Å². The summed E-state index contributed by atoms with van der Waals surface area (Å²) in [5, 5.41) is 1.76. The van der Waals surface area contributed by atoms with Gasteiger partial charge in [0.15, 0.2) is 5.78 Å². The molecule has 3 rings (SSSR count). The van der Waals surface area contributed by atoms with Crippen molar-refractivity contribution in [3.05, 3.63) is 69.8 Å². The van der Waals surface area contributed by atoms with Crippen molar-refractivity contribution < 1.29 is 4.79 Å². The van der Waals surface area contributed by atoms with E-state index in [1.165, 1.54) is 0 Å². The molecule has 0 fully saturated rings. The minimum Gasteiger partial charge on any atom is -0.340 e. The predicted octanol–water partition coefficient (Wildman–Crippen LogP) is 4.94. The van der Waals surface area contributed by atoms with Crippen LogP contribution >= 0.6 is 27.5 Å². The molecule has 0 amide bonds. The number of benzene rings is 2. The second kappa shape index (κ2) is 5.43. The van der Waals surface area contributed by atoms with Crippen LogP contribution in [0.3, 0.4) is 0 Å². The maximum Gasteiger partial charge on any atom is 0.182 e. The van der Waals surface area contributed by atoms with Crippen molar-refractivity contribution in [2.24, 2.45) is 0 Å². The summed E-state index contributed by atoms with van der Waals surface area (Å²) in [7, 11) is 0. The highest BCUT2D eigenvalue weighted by molar-refractivity contribution is 9.10. The van der Waals surface area contributed by atoms with Gasteiger partial charge in [0.05, 0.1) is 6.54 Å². The highest BCUT2D eigenvalue weighted by Crippen LogP contribution is 2.21. The van der Waals surface area contributed by atoms with Crippen LogP contribution in [-0.4, -0.2) is 10.4 Å². The first kappa shape index (κ1) is 13.4. The van der Waals surface area contributed by atoms with Crippen molar-refractivity contribution in [2.45, 2.75) is 6.54 Å². The van der Waals surface area contributed by atoms with E-state index < -0.39 is 0 Å². The molecule has 1 heterocycles. The van der Waals surface area contributed by atoms with Crippen LogP contribution in [0.4, 0.5) is 0 Å². The van der Waals surface area contributed by atoms with Gasteiger partial charge in [0, 0.05) is 26.8 Å². The Labute approximate surface area is 130 Å². The number of aromatic nitrogens is 1. The zero-order chi connectivity index (χ0) is 14.1. The summed E-state index contributed by atoms with van der Waals surface area (Å²) in [5.74, 6) is 0.0787. The van der Waals surface area contributed by atoms with Gasteiger partial charge in [0.1, 0.15) is 0 Å². The number of fused-ring (bicyclic) bond motifs is 1. The molecule has 1 aromatic heterocycles. The molecule has 0 spiro atoms. The maximum absolute atomic E-state index is 12.3. The molecule has 0 aliphatic rings. The number of halogens is 2. The Morgan fingerprint density at radius 2 is 1.85 bits per heavy atom. The Morgan fingerprint density at radius 3 is 2.60 bits per heavy atom. The monoisotopic (exact) mass is 347 g/mol. The topological polar surface area (TPSA) is 22.0 Å². The molecule has 100 valence electrons. The van der Waals surface area contributed by atoms with Gasteiger partial charge in [-0.1, -0.05) is 45.7 Å². The number of Topliss-reactive ketones (excluding diaryl/α,β-unsaturated/α-hetero) is 1. The molecule has 0 atom stereocenters. The minimum absolute atomic E-state index is 0.0787. The first-order valence-corrected chi connectivity index (χ1v) is 7.34. The summed E-state index contributed by atoms with van der Waals surface area (Å²) in [5.41, 5.74) is 1.68. The molecule has 3 aromatic rings. The standard InChI is InChI=1S/C16H11BrClNO/c17-13-4-1-12(2-5-13)16(20)10-19-8-7-11-3-6-14(18)9-15(11)19/h1-9H,10H2. The molecule has 0 saturated carbocycles. The number of carbonyl (C=O) groups is 1. The lowest BCUT2D eigenvalue weighted by Crippen LogP contribution is -2.09. The summed E-state index contributed by atoms with van der Waals surface area (Å²) < 4.78 is 2.89. The van der Waals surface area contributed by atoms with Crippen molar-refractivity contribution in [3.63, 3.8) is 0 Å². The van der Waals surface area contributed by atoms with Crippen LogP contribution in [0.25, 0.3) is 10.9 Å². The Bertz CT molecular complexity index is 777. The van der Waals surface area contributed by atoms with Crippen molar-refractivity contribution in [1.82, 2.24) is 4.57 Å². The summed E-state index contributed by atoms with van der Waals surface area (Å²) in [6.07, 6.45) is 1.91. The minimum atomic E-state index is 0.0787. The Morgan fingerprint density at radius 1 is 1.10 bits per heavy atom. The molecule has 0 unspecified atom stereocenters. The third-order valence-electron chi connectivity index (χ3n) is 3.22. The van der Waals surface area contributed by atoms with Gasteiger partial charge in [-0.3, -0.25) is 4.79 Å². The smallest absolute Gasteiger partial charge is 0.182 e. The third kappa shape index (κ3) is 2.65. The molecule has 4 heteroatoms. The Kier molecular flexibility index (Phi) is 3.64. The number of carbonyl (C=O) groups excluding carboxylic acids is 1. The molecular formula is C16H11BrClNO. The van der Waals surface area contributed by atoms with Crippen molar-refractivity contribution in [1.29, 1.82) is 0 Å².